The fourth-order valence-electron chi connectivity index (χ4n) is 2.01. The van der Waals surface area contributed by atoms with Gasteiger partial charge in [-0.15, -0.1) is 0 Å². The van der Waals surface area contributed by atoms with Gasteiger partial charge in [-0.3, -0.25) is 4.79 Å². The molecule has 2 aromatic carbocycles. The van der Waals surface area contributed by atoms with Gasteiger partial charge >= 0.3 is 6.18 Å². The quantitative estimate of drug-likeness (QED) is 0.858. The van der Waals surface area contributed by atoms with Crippen molar-refractivity contribution in [3.05, 3.63) is 64.2 Å². The van der Waals surface area contributed by atoms with Crippen LogP contribution in [0.5, 0.6) is 0 Å². The maximum absolute atomic E-state index is 12.8. The summed E-state index contributed by atoms with van der Waals surface area (Å²) in [4.78, 5) is 12.0. The Morgan fingerprint density at radius 1 is 1.18 bits per heavy atom. The number of carbonyl (C=O) groups excluding carboxylic acids is 1. The first-order valence-corrected chi connectivity index (χ1v) is 6.86. The lowest BCUT2D eigenvalue weighted by atomic mass is 10.1. The number of nitrogens with one attached hydrogen (secondary N) is 1. The third-order valence-electron chi connectivity index (χ3n) is 3.17. The molecule has 0 bridgehead atoms. The Morgan fingerprint density at radius 3 is 2.50 bits per heavy atom. The third-order valence-corrected chi connectivity index (χ3v) is 3.50. The Hall–Kier alpha value is -2.01. The number of anilines is 1. The second-order valence-corrected chi connectivity index (χ2v) is 5.25. The molecule has 0 heterocycles. The number of benzene rings is 2. The van der Waals surface area contributed by atoms with Crippen molar-refractivity contribution in [3.63, 3.8) is 0 Å². The summed E-state index contributed by atoms with van der Waals surface area (Å²) >= 11 is 5.54. The van der Waals surface area contributed by atoms with Crippen LogP contribution in [0, 0.1) is 6.92 Å². The van der Waals surface area contributed by atoms with E-state index >= 15 is 0 Å². The van der Waals surface area contributed by atoms with E-state index < -0.39 is 16.8 Å². The monoisotopic (exact) mass is 327 g/mol. The van der Waals surface area contributed by atoms with Gasteiger partial charge in [0.1, 0.15) is 0 Å². The Bertz CT molecular complexity index is 698. The van der Waals surface area contributed by atoms with E-state index in [9.17, 15) is 18.0 Å². The highest BCUT2D eigenvalue weighted by molar-refractivity contribution is 6.31. The molecule has 22 heavy (non-hydrogen) atoms. The molecule has 0 saturated heterocycles. The molecule has 0 aliphatic carbocycles. The van der Waals surface area contributed by atoms with Crippen molar-refractivity contribution >= 4 is 23.2 Å². The molecular formula is C16H13ClF3NO. The minimum atomic E-state index is -4.56. The van der Waals surface area contributed by atoms with Crippen LogP contribution in [-0.2, 0) is 17.4 Å². The van der Waals surface area contributed by atoms with Gasteiger partial charge in [0.2, 0.25) is 5.91 Å². The van der Waals surface area contributed by atoms with Crippen LogP contribution >= 0.6 is 11.6 Å². The van der Waals surface area contributed by atoms with E-state index in [0.717, 1.165) is 23.3 Å². The molecule has 0 aliphatic rings. The summed E-state index contributed by atoms with van der Waals surface area (Å²) < 4.78 is 38.3. The van der Waals surface area contributed by atoms with Crippen LogP contribution in [0.4, 0.5) is 18.9 Å². The SMILES string of the molecule is Cc1ccccc1CC(=O)Nc1ccc(Cl)c(C(F)(F)F)c1. The van der Waals surface area contributed by atoms with Crippen LogP contribution in [0.25, 0.3) is 0 Å². The maximum Gasteiger partial charge on any atom is 0.417 e. The molecule has 0 radical (unpaired) electrons. The molecule has 0 aliphatic heterocycles. The summed E-state index contributed by atoms with van der Waals surface area (Å²) in [5.74, 6) is -0.384. The first-order chi connectivity index (χ1) is 10.3. The molecule has 0 fully saturated rings. The minimum absolute atomic E-state index is 0.0651. The molecule has 0 aromatic heterocycles. The van der Waals surface area contributed by atoms with Gasteiger partial charge in [-0.05, 0) is 36.2 Å². The molecule has 0 atom stereocenters. The number of alkyl halides is 3. The van der Waals surface area contributed by atoms with Crippen molar-refractivity contribution in [2.45, 2.75) is 19.5 Å². The standard InChI is InChI=1S/C16H13ClF3NO/c1-10-4-2-3-5-11(10)8-15(22)21-12-6-7-14(17)13(9-12)16(18,19)20/h2-7,9H,8H2,1H3,(H,21,22). The largest absolute Gasteiger partial charge is 0.417 e. The number of hydrogen-bond donors (Lipinski definition) is 1. The predicted octanol–water partition coefficient (Wildman–Crippen LogP) is 4.85. The van der Waals surface area contributed by atoms with Crippen LogP contribution in [0.2, 0.25) is 5.02 Å². The van der Waals surface area contributed by atoms with E-state index in [2.05, 4.69) is 5.32 Å². The van der Waals surface area contributed by atoms with Crippen LogP contribution in [-0.4, -0.2) is 5.91 Å². The minimum Gasteiger partial charge on any atom is -0.326 e. The van der Waals surface area contributed by atoms with E-state index in [1.165, 1.54) is 6.07 Å². The molecular weight excluding hydrogens is 315 g/mol. The lowest BCUT2D eigenvalue weighted by molar-refractivity contribution is -0.137. The van der Waals surface area contributed by atoms with E-state index in [0.29, 0.717) is 0 Å². The van der Waals surface area contributed by atoms with E-state index in [1.54, 1.807) is 12.1 Å². The Labute approximate surface area is 130 Å². The summed E-state index contributed by atoms with van der Waals surface area (Å²) in [7, 11) is 0. The lowest BCUT2D eigenvalue weighted by Crippen LogP contribution is -2.16. The molecule has 0 unspecified atom stereocenters. The average Bonchev–Trinajstić information content (AvgIpc) is 2.42. The van der Waals surface area contributed by atoms with Crippen LogP contribution in [0.1, 0.15) is 16.7 Å². The number of carbonyl (C=O) groups is 1. The Balaban J connectivity index is 2.14. The number of rotatable bonds is 3. The normalized spacial score (nSPS) is 11.3. The number of aryl methyl sites for hydroxylation is 1. The van der Waals surface area contributed by atoms with Crippen molar-refractivity contribution < 1.29 is 18.0 Å². The molecule has 2 rings (SSSR count). The molecule has 0 saturated carbocycles. The predicted molar refractivity (Wildman–Crippen MR) is 80.0 cm³/mol. The van der Waals surface area contributed by atoms with Crippen LogP contribution in [0.3, 0.4) is 0 Å². The van der Waals surface area contributed by atoms with Crippen molar-refractivity contribution in [1.82, 2.24) is 0 Å². The summed E-state index contributed by atoms with van der Waals surface area (Å²) in [6.07, 6.45) is -4.47. The van der Waals surface area contributed by atoms with Crippen LogP contribution in [0.15, 0.2) is 42.5 Å². The molecule has 2 nitrogen and oxygen atoms in total. The zero-order chi connectivity index (χ0) is 16.3. The highest BCUT2D eigenvalue weighted by Gasteiger charge is 2.33. The zero-order valence-corrected chi connectivity index (χ0v) is 12.4. The number of halogens is 4. The van der Waals surface area contributed by atoms with Gasteiger partial charge in [0.25, 0.3) is 0 Å². The van der Waals surface area contributed by atoms with Crippen molar-refractivity contribution in [3.8, 4) is 0 Å². The first-order valence-electron chi connectivity index (χ1n) is 6.48. The second-order valence-electron chi connectivity index (χ2n) is 4.84. The highest BCUT2D eigenvalue weighted by Crippen LogP contribution is 2.36. The molecule has 0 spiro atoms. The van der Waals surface area contributed by atoms with Gasteiger partial charge in [-0.25, -0.2) is 0 Å². The lowest BCUT2D eigenvalue weighted by Gasteiger charge is -2.12. The molecule has 1 N–H and O–H groups in total. The van der Waals surface area contributed by atoms with Gasteiger partial charge in [-0.2, -0.15) is 13.2 Å². The van der Waals surface area contributed by atoms with Gasteiger partial charge in [0, 0.05) is 5.69 Å². The summed E-state index contributed by atoms with van der Waals surface area (Å²) in [5, 5.41) is 2.06. The van der Waals surface area contributed by atoms with Gasteiger partial charge in [0.05, 0.1) is 17.0 Å². The maximum atomic E-state index is 12.8. The Morgan fingerprint density at radius 2 is 1.86 bits per heavy atom. The summed E-state index contributed by atoms with van der Waals surface area (Å²) in [6, 6.07) is 10.6. The topological polar surface area (TPSA) is 29.1 Å². The molecule has 116 valence electrons. The van der Waals surface area contributed by atoms with Crippen LogP contribution < -0.4 is 5.32 Å². The first kappa shape index (κ1) is 16.4. The highest BCUT2D eigenvalue weighted by atomic mass is 35.5. The second kappa shape index (κ2) is 6.40. The zero-order valence-electron chi connectivity index (χ0n) is 11.7. The molecule has 2 aromatic rings. The Kier molecular flexibility index (Phi) is 4.76. The smallest absolute Gasteiger partial charge is 0.326 e. The van der Waals surface area contributed by atoms with E-state index in [1.807, 2.05) is 19.1 Å². The molecule has 1 amide bonds. The third kappa shape index (κ3) is 4.01. The fraction of sp³-hybridized carbons (Fsp3) is 0.188. The number of hydrogen-bond acceptors (Lipinski definition) is 1. The summed E-state index contributed by atoms with van der Waals surface area (Å²) in [6.45, 7) is 1.87. The van der Waals surface area contributed by atoms with Crippen molar-refractivity contribution in [2.24, 2.45) is 0 Å². The summed E-state index contributed by atoms with van der Waals surface area (Å²) in [5.41, 5.74) is 0.868. The van der Waals surface area contributed by atoms with Gasteiger partial charge in [0.15, 0.2) is 0 Å². The molecule has 6 heteroatoms. The van der Waals surface area contributed by atoms with Crippen molar-refractivity contribution in [2.75, 3.05) is 5.32 Å². The fourth-order valence-corrected chi connectivity index (χ4v) is 2.23. The van der Waals surface area contributed by atoms with Gasteiger partial charge < -0.3 is 5.32 Å². The number of amides is 1. The van der Waals surface area contributed by atoms with Gasteiger partial charge in [-0.1, -0.05) is 35.9 Å². The van der Waals surface area contributed by atoms with E-state index in [-0.39, 0.29) is 18.0 Å². The average molecular weight is 328 g/mol. The van der Waals surface area contributed by atoms with Crippen molar-refractivity contribution in [1.29, 1.82) is 0 Å². The van der Waals surface area contributed by atoms with E-state index in [4.69, 9.17) is 11.6 Å².